The van der Waals surface area contributed by atoms with E-state index in [9.17, 15) is 13.2 Å². The van der Waals surface area contributed by atoms with Crippen LogP contribution in [0.5, 0.6) is 0 Å². The van der Waals surface area contributed by atoms with Crippen LogP contribution in [0.25, 0.3) is 28.0 Å². The largest absolute Gasteiger partial charge is 0.383 e. The third-order valence-electron chi connectivity index (χ3n) is 5.32. The minimum absolute atomic E-state index is 0.00874. The highest BCUT2D eigenvalue weighted by molar-refractivity contribution is 5.99. The van der Waals surface area contributed by atoms with Gasteiger partial charge in [-0.15, -0.1) is 5.10 Å². The van der Waals surface area contributed by atoms with Gasteiger partial charge in [-0.1, -0.05) is 12.1 Å². The predicted molar refractivity (Wildman–Crippen MR) is 114 cm³/mol. The summed E-state index contributed by atoms with van der Waals surface area (Å²) in [6, 6.07) is 8.83. The average molecular weight is 440 g/mol. The van der Waals surface area contributed by atoms with Crippen LogP contribution in [-0.2, 0) is 4.74 Å². The third-order valence-corrected chi connectivity index (χ3v) is 5.32. The zero-order valence-electron chi connectivity index (χ0n) is 16.9. The van der Waals surface area contributed by atoms with E-state index in [0.29, 0.717) is 29.8 Å². The Balaban J connectivity index is 1.67. The molecule has 1 atom stereocenters. The van der Waals surface area contributed by atoms with Crippen LogP contribution in [0, 0.1) is 17.5 Å². The Labute approximate surface area is 181 Å². The molecule has 2 aromatic carbocycles. The molecule has 0 unspecified atom stereocenters. The lowest BCUT2D eigenvalue weighted by Gasteiger charge is -2.12. The van der Waals surface area contributed by atoms with Gasteiger partial charge in [0.15, 0.2) is 5.65 Å². The maximum Gasteiger partial charge on any atom is 0.225 e. The van der Waals surface area contributed by atoms with E-state index in [1.807, 2.05) is 0 Å². The monoisotopic (exact) mass is 440 g/mol. The van der Waals surface area contributed by atoms with Crippen molar-refractivity contribution in [2.75, 3.05) is 24.2 Å². The van der Waals surface area contributed by atoms with Crippen molar-refractivity contribution < 1.29 is 17.9 Å². The summed E-state index contributed by atoms with van der Waals surface area (Å²) in [6.45, 7) is 1.20. The van der Waals surface area contributed by atoms with Crippen LogP contribution in [0.1, 0.15) is 12.8 Å². The molecule has 5 rings (SSSR count). The standard InChI is InChI=1S/C22H19F3N6O/c23-13-4-1-3-12(9-13)19-18-20(26)31(17-10-14(24)6-7-16(17)25)30-21(18)29-22(28-19)27-11-15-5-2-8-32-15/h1,3-4,6-7,9-10,15H,2,5,8,11,26H2,(H,27,29,30)/t15-/m0/s1. The van der Waals surface area contributed by atoms with Crippen LogP contribution in [0.2, 0.25) is 0 Å². The summed E-state index contributed by atoms with van der Waals surface area (Å²) in [6.07, 6.45) is 1.95. The second-order valence-electron chi connectivity index (χ2n) is 7.51. The maximum absolute atomic E-state index is 14.4. The first-order valence-corrected chi connectivity index (χ1v) is 10.1. The molecular weight excluding hydrogens is 421 g/mol. The molecule has 10 heteroatoms. The quantitative estimate of drug-likeness (QED) is 0.486. The zero-order chi connectivity index (χ0) is 22.2. The molecule has 0 radical (unpaired) electrons. The number of nitrogens with one attached hydrogen (secondary N) is 1. The maximum atomic E-state index is 14.4. The van der Waals surface area contributed by atoms with Crippen molar-refractivity contribution in [2.45, 2.75) is 18.9 Å². The summed E-state index contributed by atoms with van der Waals surface area (Å²) in [5.41, 5.74) is 7.05. The van der Waals surface area contributed by atoms with Crippen molar-refractivity contribution in [2.24, 2.45) is 0 Å². The highest BCUT2D eigenvalue weighted by Crippen LogP contribution is 2.33. The van der Waals surface area contributed by atoms with E-state index in [-0.39, 0.29) is 29.2 Å². The van der Waals surface area contributed by atoms with Gasteiger partial charge in [0.05, 0.1) is 17.2 Å². The number of halogens is 3. The van der Waals surface area contributed by atoms with E-state index in [2.05, 4.69) is 20.4 Å². The summed E-state index contributed by atoms with van der Waals surface area (Å²) in [5.74, 6) is -1.55. The summed E-state index contributed by atoms with van der Waals surface area (Å²) >= 11 is 0. The Morgan fingerprint density at radius 2 is 1.94 bits per heavy atom. The number of rotatable bonds is 5. The van der Waals surface area contributed by atoms with Gasteiger partial charge >= 0.3 is 0 Å². The van der Waals surface area contributed by atoms with E-state index in [0.717, 1.165) is 35.7 Å². The van der Waals surface area contributed by atoms with Crippen molar-refractivity contribution in [1.82, 2.24) is 19.7 Å². The van der Waals surface area contributed by atoms with E-state index in [1.165, 1.54) is 12.1 Å². The Bertz CT molecular complexity index is 1300. The van der Waals surface area contributed by atoms with Gasteiger partial charge in [-0.3, -0.25) is 0 Å². The lowest BCUT2D eigenvalue weighted by atomic mass is 10.1. The number of fused-ring (bicyclic) bond motifs is 1. The second kappa shape index (κ2) is 8.12. The number of nitrogens with two attached hydrogens (primary N) is 1. The highest BCUT2D eigenvalue weighted by Gasteiger charge is 2.22. The number of nitrogen functional groups attached to an aromatic ring is 1. The first-order chi connectivity index (χ1) is 15.5. The Kier molecular flexibility index (Phi) is 5.14. The SMILES string of the molecule is Nc1c2c(-c3cccc(F)c3)nc(NC[C@@H]3CCCO3)nc2nn1-c1cc(F)ccc1F. The molecule has 1 aliphatic rings. The zero-order valence-corrected chi connectivity index (χ0v) is 16.9. The summed E-state index contributed by atoms with van der Waals surface area (Å²) in [5, 5.41) is 7.74. The molecular formula is C22H19F3N6O. The molecule has 0 amide bonds. The van der Waals surface area contributed by atoms with Crippen molar-refractivity contribution in [3.8, 4) is 16.9 Å². The van der Waals surface area contributed by atoms with Crippen LogP contribution in [-0.4, -0.2) is 39.0 Å². The molecule has 0 aliphatic carbocycles. The van der Waals surface area contributed by atoms with E-state index >= 15 is 0 Å². The first-order valence-electron chi connectivity index (χ1n) is 10.1. The molecule has 2 aromatic heterocycles. The summed E-state index contributed by atoms with van der Waals surface area (Å²) in [7, 11) is 0. The minimum Gasteiger partial charge on any atom is -0.383 e. The average Bonchev–Trinajstić information content (AvgIpc) is 3.41. The number of aromatic nitrogens is 4. The minimum atomic E-state index is -0.706. The molecule has 3 heterocycles. The van der Waals surface area contributed by atoms with Crippen LogP contribution in [0.4, 0.5) is 24.9 Å². The third kappa shape index (κ3) is 3.73. The van der Waals surface area contributed by atoms with Crippen LogP contribution in [0.3, 0.4) is 0 Å². The topological polar surface area (TPSA) is 90.9 Å². The Morgan fingerprint density at radius 3 is 2.72 bits per heavy atom. The van der Waals surface area contributed by atoms with Crippen LogP contribution >= 0.6 is 0 Å². The molecule has 7 nitrogen and oxygen atoms in total. The molecule has 0 spiro atoms. The molecule has 3 N–H and O–H groups in total. The fourth-order valence-electron chi connectivity index (χ4n) is 3.78. The Morgan fingerprint density at radius 1 is 1.09 bits per heavy atom. The molecule has 1 fully saturated rings. The number of anilines is 2. The summed E-state index contributed by atoms with van der Waals surface area (Å²) < 4.78 is 48.8. The fourth-order valence-corrected chi connectivity index (χ4v) is 3.78. The number of hydrogen-bond donors (Lipinski definition) is 2. The van der Waals surface area contributed by atoms with E-state index in [4.69, 9.17) is 10.5 Å². The molecule has 0 bridgehead atoms. The number of nitrogens with zero attached hydrogens (tertiary/aromatic N) is 4. The molecule has 1 saturated heterocycles. The number of ether oxygens (including phenoxy) is 1. The van der Waals surface area contributed by atoms with Gasteiger partial charge in [0, 0.05) is 24.8 Å². The first kappa shape index (κ1) is 20.3. The number of benzene rings is 2. The van der Waals surface area contributed by atoms with E-state index in [1.54, 1.807) is 12.1 Å². The smallest absolute Gasteiger partial charge is 0.225 e. The van der Waals surface area contributed by atoms with Crippen molar-refractivity contribution in [3.05, 3.63) is 59.9 Å². The molecule has 4 aromatic rings. The van der Waals surface area contributed by atoms with E-state index < -0.39 is 17.5 Å². The van der Waals surface area contributed by atoms with Gasteiger partial charge in [-0.25, -0.2) is 22.8 Å². The van der Waals surface area contributed by atoms with Gasteiger partial charge in [0.1, 0.15) is 29.0 Å². The van der Waals surface area contributed by atoms with Crippen molar-refractivity contribution in [3.63, 3.8) is 0 Å². The van der Waals surface area contributed by atoms with Gasteiger partial charge in [0.2, 0.25) is 5.95 Å². The summed E-state index contributed by atoms with van der Waals surface area (Å²) in [4.78, 5) is 8.94. The Hall–Kier alpha value is -3.66. The highest BCUT2D eigenvalue weighted by atomic mass is 19.1. The van der Waals surface area contributed by atoms with Gasteiger partial charge < -0.3 is 15.8 Å². The van der Waals surface area contributed by atoms with Crippen LogP contribution in [0.15, 0.2) is 42.5 Å². The molecule has 0 saturated carbocycles. The lowest BCUT2D eigenvalue weighted by Crippen LogP contribution is -2.19. The molecule has 164 valence electrons. The van der Waals surface area contributed by atoms with Crippen molar-refractivity contribution in [1.29, 1.82) is 0 Å². The second-order valence-corrected chi connectivity index (χ2v) is 7.51. The number of hydrogen-bond acceptors (Lipinski definition) is 6. The van der Waals surface area contributed by atoms with Crippen molar-refractivity contribution >= 4 is 22.8 Å². The van der Waals surface area contributed by atoms with Gasteiger partial charge in [-0.05, 0) is 37.1 Å². The molecule has 1 aliphatic heterocycles. The normalized spacial score (nSPS) is 16.0. The fraction of sp³-hybridized carbons (Fsp3) is 0.227. The van der Waals surface area contributed by atoms with Gasteiger partial charge in [0.25, 0.3) is 0 Å². The van der Waals surface area contributed by atoms with Crippen LogP contribution < -0.4 is 11.1 Å². The molecule has 32 heavy (non-hydrogen) atoms. The predicted octanol–water partition coefficient (Wildman–Crippen LogP) is 4.07. The van der Waals surface area contributed by atoms with Gasteiger partial charge in [-0.2, -0.15) is 4.98 Å². The lowest BCUT2D eigenvalue weighted by molar-refractivity contribution is 0.120.